The van der Waals surface area contributed by atoms with E-state index in [9.17, 15) is 28.1 Å². The average Bonchev–Trinajstić information content (AvgIpc) is 3.19. The molecule has 0 atom stereocenters. The number of piperazine rings is 1. The molecule has 55 heavy (non-hydrogen) atoms. The minimum absolute atomic E-state index is 0.0779. The Balaban J connectivity index is 1.02. The van der Waals surface area contributed by atoms with Crippen LogP contribution in [-0.4, -0.2) is 85.3 Å². The molecular weight excluding hydrogens is 743 g/mol. The van der Waals surface area contributed by atoms with Gasteiger partial charge in [0.1, 0.15) is 11.4 Å². The van der Waals surface area contributed by atoms with E-state index in [2.05, 4.69) is 15.5 Å². The van der Waals surface area contributed by atoms with Crippen LogP contribution in [0.4, 0.5) is 17.2 Å². The maximum absolute atomic E-state index is 13.4. The molecule has 16 heteroatoms. The number of nitrogens with zero attached hydrogens (tertiary/aromatic N) is 5. The molecule has 5 aromatic rings. The summed E-state index contributed by atoms with van der Waals surface area (Å²) in [7, 11) is -4.49. The van der Waals surface area contributed by atoms with Gasteiger partial charge >= 0.3 is 0 Å². The Morgan fingerprint density at radius 1 is 0.909 bits per heavy atom. The van der Waals surface area contributed by atoms with Gasteiger partial charge in [0.15, 0.2) is 11.5 Å². The molecule has 284 valence electrons. The number of hydrogen-bond donors (Lipinski definition) is 2. The number of rotatable bonds is 14. The molecule has 14 nitrogen and oxygen atoms in total. The number of thioether (sulfide) groups is 1. The van der Waals surface area contributed by atoms with Crippen molar-refractivity contribution in [2.45, 2.75) is 23.6 Å². The third-order valence-electron chi connectivity index (χ3n) is 8.84. The van der Waals surface area contributed by atoms with Crippen molar-refractivity contribution in [1.82, 2.24) is 19.8 Å². The van der Waals surface area contributed by atoms with Gasteiger partial charge < -0.3 is 19.9 Å². The van der Waals surface area contributed by atoms with Crippen LogP contribution in [0.1, 0.15) is 33.3 Å². The Bertz CT molecular complexity index is 2280. The standard InChI is InChI=1S/C39H39N7O7S2/c1-3-53-30-9-7-8-28(25-30)33-14-12-29(24-27(33)2)39(48)45-21-19-44(20-22-45)37-17-16-35(41-42-37)38(47)43-55(51,52)32-13-15-34(36(26-32)46(49)50)40-18-23-54-31-10-5-4-6-11-31/h4-17,24-26,40H,3,18-23H2,1-2H3,(H,43,47). The van der Waals surface area contributed by atoms with Crippen molar-refractivity contribution in [2.75, 3.05) is 55.3 Å². The molecule has 1 aliphatic rings. The number of sulfonamides is 1. The third kappa shape index (κ3) is 9.57. The fourth-order valence-electron chi connectivity index (χ4n) is 6.06. The molecule has 0 radical (unpaired) electrons. The van der Waals surface area contributed by atoms with Gasteiger partial charge in [0.05, 0.1) is 16.4 Å². The minimum Gasteiger partial charge on any atom is -0.494 e. The lowest BCUT2D eigenvalue weighted by atomic mass is 9.98. The minimum atomic E-state index is -4.49. The van der Waals surface area contributed by atoms with Gasteiger partial charge in [0.25, 0.3) is 27.5 Å². The molecule has 0 aliphatic carbocycles. The third-order valence-corrected chi connectivity index (χ3v) is 11.2. The van der Waals surface area contributed by atoms with E-state index in [1.807, 2.05) is 96.3 Å². The summed E-state index contributed by atoms with van der Waals surface area (Å²) in [5.74, 6) is 0.751. The van der Waals surface area contributed by atoms with Gasteiger partial charge in [-0.1, -0.05) is 36.4 Å². The van der Waals surface area contributed by atoms with Crippen LogP contribution >= 0.6 is 11.8 Å². The van der Waals surface area contributed by atoms with E-state index in [4.69, 9.17) is 4.74 Å². The molecule has 2 N–H and O–H groups in total. The lowest BCUT2D eigenvalue weighted by Crippen LogP contribution is -2.49. The Hall–Kier alpha value is -6.00. The molecule has 2 heterocycles. The first-order valence-electron chi connectivity index (χ1n) is 17.5. The van der Waals surface area contributed by atoms with Crippen LogP contribution in [0.2, 0.25) is 0 Å². The largest absolute Gasteiger partial charge is 0.494 e. The summed E-state index contributed by atoms with van der Waals surface area (Å²) in [4.78, 5) is 41.7. The second kappa shape index (κ2) is 17.4. The topological polar surface area (TPSA) is 177 Å². The number of hydrogen-bond acceptors (Lipinski definition) is 12. The summed E-state index contributed by atoms with van der Waals surface area (Å²) in [6, 6.07) is 29.5. The predicted molar refractivity (Wildman–Crippen MR) is 211 cm³/mol. The van der Waals surface area contributed by atoms with Crippen LogP contribution in [0.5, 0.6) is 5.75 Å². The van der Waals surface area contributed by atoms with Crippen LogP contribution in [0, 0.1) is 17.0 Å². The van der Waals surface area contributed by atoms with Crippen molar-refractivity contribution in [3.8, 4) is 16.9 Å². The molecule has 4 aromatic carbocycles. The molecule has 0 saturated carbocycles. The molecule has 1 saturated heterocycles. The number of nitrogens with one attached hydrogen (secondary N) is 2. The monoisotopic (exact) mass is 781 g/mol. The summed E-state index contributed by atoms with van der Waals surface area (Å²) in [5.41, 5.74) is 3.05. The first kappa shape index (κ1) is 38.7. The highest BCUT2D eigenvalue weighted by Gasteiger charge is 2.26. The number of nitro groups is 1. The number of carbonyl (C=O) groups excluding carboxylic acids is 2. The number of carbonyl (C=O) groups is 2. The van der Waals surface area contributed by atoms with Gasteiger partial charge in [-0.25, -0.2) is 13.1 Å². The highest BCUT2D eigenvalue weighted by atomic mass is 32.2. The molecule has 1 aliphatic heterocycles. The predicted octanol–water partition coefficient (Wildman–Crippen LogP) is 6.04. The molecule has 0 unspecified atom stereocenters. The van der Waals surface area contributed by atoms with Gasteiger partial charge in [0, 0.05) is 55.0 Å². The van der Waals surface area contributed by atoms with Crippen molar-refractivity contribution in [3.63, 3.8) is 0 Å². The number of ether oxygens (including phenoxy) is 1. The van der Waals surface area contributed by atoms with Gasteiger partial charge in [-0.05, 0) is 91.2 Å². The van der Waals surface area contributed by atoms with E-state index in [-0.39, 0.29) is 17.3 Å². The number of aryl methyl sites for hydroxylation is 1. The zero-order valence-electron chi connectivity index (χ0n) is 30.2. The molecule has 0 bridgehead atoms. The van der Waals surface area contributed by atoms with E-state index in [0.717, 1.165) is 33.4 Å². The van der Waals surface area contributed by atoms with Crippen LogP contribution < -0.4 is 19.7 Å². The summed E-state index contributed by atoms with van der Waals surface area (Å²) in [6.45, 7) is 6.70. The normalized spacial score (nSPS) is 12.9. The average molecular weight is 782 g/mol. The second-order valence-corrected chi connectivity index (χ2v) is 15.4. The fraction of sp³-hybridized carbons (Fsp3) is 0.231. The number of anilines is 2. The van der Waals surface area contributed by atoms with E-state index < -0.39 is 31.4 Å². The quantitative estimate of drug-likeness (QED) is 0.0579. The van der Waals surface area contributed by atoms with Crippen molar-refractivity contribution < 1.29 is 27.7 Å². The van der Waals surface area contributed by atoms with Crippen molar-refractivity contribution in [2.24, 2.45) is 0 Å². The van der Waals surface area contributed by atoms with E-state index in [1.165, 1.54) is 18.2 Å². The molecule has 2 amide bonds. The Morgan fingerprint density at radius 2 is 1.69 bits per heavy atom. The van der Waals surface area contributed by atoms with E-state index >= 15 is 0 Å². The highest BCUT2D eigenvalue weighted by Crippen LogP contribution is 2.30. The van der Waals surface area contributed by atoms with Gasteiger partial charge in [-0.15, -0.1) is 22.0 Å². The first-order valence-corrected chi connectivity index (χ1v) is 20.0. The van der Waals surface area contributed by atoms with Crippen molar-refractivity contribution in [3.05, 3.63) is 130 Å². The van der Waals surface area contributed by atoms with Crippen LogP contribution in [0.3, 0.4) is 0 Å². The van der Waals surface area contributed by atoms with E-state index in [0.29, 0.717) is 56.5 Å². The lowest BCUT2D eigenvalue weighted by molar-refractivity contribution is -0.384. The maximum Gasteiger partial charge on any atom is 0.293 e. The molecule has 1 fully saturated rings. The smallest absolute Gasteiger partial charge is 0.293 e. The van der Waals surface area contributed by atoms with Gasteiger partial charge in [-0.3, -0.25) is 19.7 Å². The van der Waals surface area contributed by atoms with Crippen LogP contribution in [0.25, 0.3) is 11.1 Å². The summed E-state index contributed by atoms with van der Waals surface area (Å²) in [5, 5.41) is 22.9. The fourth-order valence-corrected chi connectivity index (χ4v) is 7.83. The molecule has 0 spiro atoms. The molecule has 1 aromatic heterocycles. The number of nitro benzene ring substituents is 1. The van der Waals surface area contributed by atoms with Gasteiger partial charge in [0.2, 0.25) is 0 Å². The zero-order valence-corrected chi connectivity index (χ0v) is 31.8. The first-order chi connectivity index (χ1) is 26.5. The maximum atomic E-state index is 13.4. The summed E-state index contributed by atoms with van der Waals surface area (Å²) >= 11 is 1.57. The highest BCUT2D eigenvalue weighted by molar-refractivity contribution is 7.99. The summed E-state index contributed by atoms with van der Waals surface area (Å²) < 4.78 is 33.7. The lowest BCUT2D eigenvalue weighted by Gasteiger charge is -2.35. The van der Waals surface area contributed by atoms with Crippen molar-refractivity contribution in [1.29, 1.82) is 0 Å². The molecule has 6 rings (SSSR count). The van der Waals surface area contributed by atoms with Crippen LogP contribution in [-0.2, 0) is 10.0 Å². The zero-order chi connectivity index (χ0) is 39.0. The Labute approximate surface area is 323 Å². The molecular formula is C39H39N7O7S2. The number of benzene rings is 4. The number of amides is 2. The van der Waals surface area contributed by atoms with Crippen LogP contribution in [0.15, 0.2) is 113 Å². The summed E-state index contributed by atoms with van der Waals surface area (Å²) in [6.07, 6.45) is 0. The van der Waals surface area contributed by atoms with Gasteiger partial charge in [-0.2, -0.15) is 0 Å². The van der Waals surface area contributed by atoms with Crippen molar-refractivity contribution >= 4 is 50.8 Å². The van der Waals surface area contributed by atoms with E-state index in [1.54, 1.807) is 22.7 Å². The second-order valence-electron chi connectivity index (χ2n) is 12.5. The SMILES string of the molecule is CCOc1cccc(-c2ccc(C(=O)N3CCN(c4ccc(C(=O)NS(=O)(=O)c5ccc(NCCSc6ccccc6)c([N+](=O)[O-])c5)nn4)CC3)cc2C)c1. The Morgan fingerprint density at radius 3 is 2.38 bits per heavy atom. The Kier molecular flexibility index (Phi) is 12.3. The number of aromatic nitrogens is 2.